The van der Waals surface area contributed by atoms with Crippen molar-refractivity contribution in [3.8, 4) is 0 Å². The normalized spacial score (nSPS) is 10.9. The molecule has 94 valence electrons. The van der Waals surface area contributed by atoms with Crippen LogP contribution in [0, 0.1) is 13.8 Å². The van der Waals surface area contributed by atoms with E-state index in [9.17, 15) is 14.7 Å². The maximum absolute atomic E-state index is 11.7. The van der Waals surface area contributed by atoms with Crippen molar-refractivity contribution in [1.29, 1.82) is 0 Å². The number of carboxylic acids is 1. The summed E-state index contributed by atoms with van der Waals surface area (Å²) < 4.78 is 1.59. The number of fused-ring (bicyclic) bond motifs is 1. The largest absolute Gasteiger partial charge is 0.477 e. The second-order valence-electron chi connectivity index (χ2n) is 4.55. The molecule has 1 aromatic carbocycles. The molecule has 0 atom stereocenters. The van der Waals surface area contributed by atoms with Crippen molar-refractivity contribution in [2.45, 2.75) is 20.8 Å². The van der Waals surface area contributed by atoms with Crippen LogP contribution in [0.5, 0.6) is 0 Å². The number of carbonyl (C=O) groups is 2. The number of ketones is 1. The van der Waals surface area contributed by atoms with Crippen LogP contribution in [-0.4, -0.2) is 21.4 Å². The van der Waals surface area contributed by atoms with E-state index < -0.39 is 5.97 Å². The molecule has 0 spiro atoms. The molecule has 0 saturated carbocycles. The number of nitrogens with zero attached hydrogens (tertiary/aromatic N) is 1. The van der Waals surface area contributed by atoms with Crippen LogP contribution < -0.4 is 0 Å². The predicted molar refractivity (Wildman–Crippen MR) is 69.4 cm³/mol. The average molecular weight is 245 g/mol. The molecule has 0 unspecified atom stereocenters. The van der Waals surface area contributed by atoms with E-state index in [1.807, 2.05) is 26.0 Å². The maximum atomic E-state index is 11.7. The van der Waals surface area contributed by atoms with Crippen LogP contribution >= 0.6 is 0 Å². The molecular formula is C14H15NO3. The third-order valence-electron chi connectivity index (χ3n) is 3.43. The lowest BCUT2D eigenvalue weighted by molar-refractivity contribution is 0.0682. The molecule has 2 aromatic rings. The molecule has 0 radical (unpaired) electrons. The number of benzene rings is 1. The smallest absolute Gasteiger partial charge is 0.353 e. The highest BCUT2D eigenvalue weighted by Gasteiger charge is 2.24. The quantitative estimate of drug-likeness (QED) is 0.827. The SMILES string of the molecule is CC(=O)c1c(C(=O)O)n(C)c2c(C)c(C)ccc12. The number of carbonyl (C=O) groups excluding carboxylic acids is 1. The highest BCUT2D eigenvalue weighted by atomic mass is 16.4. The minimum Gasteiger partial charge on any atom is -0.477 e. The zero-order valence-corrected chi connectivity index (χ0v) is 10.9. The summed E-state index contributed by atoms with van der Waals surface area (Å²) in [5.41, 5.74) is 3.26. The van der Waals surface area contributed by atoms with E-state index in [4.69, 9.17) is 0 Å². The van der Waals surface area contributed by atoms with Gasteiger partial charge in [-0.1, -0.05) is 12.1 Å². The minimum atomic E-state index is -1.07. The summed E-state index contributed by atoms with van der Waals surface area (Å²) in [5.74, 6) is -1.29. The first-order chi connectivity index (χ1) is 8.36. The second-order valence-corrected chi connectivity index (χ2v) is 4.55. The number of hydrogen-bond acceptors (Lipinski definition) is 2. The van der Waals surface area contributed by atoms with Crippen LogP contribution in [0.25, 0.3) is 10.9 Å². The van der Waals surface area contributed by atoms with Crippen molar-refractivity contribution >= 4 is 22.7 Å². The van der Waals surface area contributed by atoms with Gasteiger partial charge in [-0.15, -0.1) is 0 Å². The van der Waals surface area contributed by atoms with Gasteiger partial charge in [0.25, 0.3) is 0 Å². The van der Waals surface area contributed by atoms with Gasteiger partial charge in [0.15, 0.2) is 5.78 Å². The van der Waals surface area contributed by atoms with Gasteiger partial charge in [-0.2, -0.15) is 0 Å². The molecule has 1 N–H and O–H groups in total. The Labute approximate surface area is 105 Å². The standard InChI is InChI=1S/C14H15NO3/c1-7-5-6-10-11(9(3)16)13(14(17)18)15(4)12(10)8(7)2/h5-6H,1-4H3,(H,17,18). The molecule has 2 rings (SSSR count). The van der Waals surface area contributed by atoms with Crippen molar-refractivity contribution in [3.05, 3.63) is 34.5 Å². The molecule has 1 heterocycles. The third-order valence-corrected chi connectivity index (χ3v) is 3.43. The van der Waals surface area contributed by atoms with E-state index in [0.717, 1.165) is 16.6 Å². The third kappa shape index (κ3) is 1.53. The lowest BCUT2D eigenvalue weighted by Gasteiger charge is -2.05. The van der Waals surface area contributed by atoms with Crippen molar-refractivity contribution in [1.82, 2.24) is 4.57 Å². The van der Waals surface area contributed by atoms with E-state index >= 15 is 0 Å². The van der Waals surface area contributed by atoms with Gasteiger partial charge in [0, 0.05) is 12.4 Å². The first kappa shape index (κ1) is 12.4. The molecule has 0 amide bonds. The predicted octanol–water partition coefficient (Wildman–Crippen LogP) is 2.70. The lowest BCUT2D eigenvalue weighted by atomic mass is 10.0. The van der Waals surface area contributed by atoms with Crippen molar-refractivity contribution in [2.75, 3.05) is 0 Å². The highest BCUT2D eigenvalue weighted by molar-refractivity contribution is 6.15. The summed E-state index contributed by atoms with van der Waals surface area (Å²) in [5, 5.41) is 10.00. The Hall–Kier alpha value is -2.10. The molecule has 18 heavy (non-hydrogen) atoms. The summed E-state index contributed by atoms with van der Waals surface area (Å²) in [6.45, 7) is 5.30. The molecule has 0 aliphatic heterocycles. The van der Waals surface area contributed by atoms with Gasteiger partial charge in [-0.05, 0) is 31.9 Å². The summed E-state index contributed by atoms with van der Waals surface area (Å²) in [6, 6.07) is 3.73. The molecule has 4 nitrogen and oxygen atoms in total. The summed E-state index contributed by atoms with van der Waals surface area (Å²) in [6.07, 6.45) is 0. The Morgan fingerprint density at radius 1 is 1.22 bits per heavy atom. The van der Waals surface area contributed by atoms with Crippen LogP contribution in [0.4, 0.5) is 0 Å². The van der Waals surface area contributed by atoms with E-state index in [-0.39, 0.29) is 11.5 Å². The van der Waals surface area contributed by atoms with Crippen LogP contribution in [-0.2, 0) is 7.05 Å². The average Bonchev–Trinajstić information content (AvgIpc) is 2.57. The van der Waals surface area contributed by atoms with Crippen LogP contribution in [0.3, 0.4) is 0 Å². The fourth-order valence-corrected chi connectivity index (χ4v) is 2.45. The summed E-state index contributed by atoms with van der Waals surface area (Å²) in [4.78, 5) is 23.1. The minimum absolute atomic E-state index is 0.0613. The number of aromatic carboxylic acids is 1. The maximum Gasteiger partial charge on any atom is 0.353 e. The number of carboxylic acid groups (broad SMARTS) is 1. The zero-order valence-electron chi connectivity index (χ0n) is 10.9. The fraction of sp³-hybridized carbons (Fsp3) is 0.286. The van der Waals surface area contributed by atoms with Crippen molar-refractivity contribution in [2.24, 2.45) is 7.05 Å². The first-order valence-corrected chi connectivity index (χ1v) is 5.69. The van der Waals surface area contributed by atoms with Crippen molar-refractivity contribution in [3.63, 3.8) is 0 Å². The van der Waals surface area contributed by atoms with Gasteiger partial charge in [-0.25, -0.2) is 4.79 Å². The number of rotatable bonds is 2. The topological polar surface area (TPSA) is 59.3 Å². The van der Waals surface area contributed by atoms with Crippen LogP contribution in [0.1, 0.15) is 38.9 Å². The molecule has 0 saturated heterocycles. The number of aryl methyl sites for hydroxylation is 3. The molecule has 0 aliphatic rings. The van der Waals surface area contributed by atoms with E-state index in [0.29, 0.717) is 10.9 Å². The summed E-state index contributed by atoms with van der Waals surface area (Å²) in [7, 11) is 1.69. The first-order valence-electron chi connectivity index (χ1n) is 5.69. The van der Waals surface area contributed by atoms with Gasteiger partial charge in [0.2, 0.25) is 0 Å². The molecular weight excluding hydrogens is 230 g/mol. The Morgan fingerprint density at radius 2 is 1.83 bits per heavy atom. The molecule has 4 heteroatoms. The molecule has 0 bridgehead atoms. The van der Waals surface area contributed by atoms with Crippen LogP contribution in [0.15, 0.2) is 12.1 Å². The Balaban J connectivity index is 3.06. The van der Waals surface area contributed by atoms with Gasteiger partial charge in [0.1, 0.15) is 5.69 Å². The molecule has 1 aromatic heterocycles. The molecule has 0 aliphatic carbocycles. The van der Waals surface area contributed by atoms with Crippen molar-refractivity contribution < 1.29 is 14.7 Å². The number of Topliss-reactive ketones (excluding diaryl/α,β-unsaturated/α-hetero) is 1. The Kier molecular flexibility index (Phi) is 2.73. The highest BCUT2D eigenvalue weighted by Crippen LogP contribution is 2.29. The zero-order chi connectivity index (χ0) is 13.6. The fourth-order valence-electron chi connectivity index (χ4n) is 2.45. The molecule has 0 fully saturated rings. The van der Waals surface area contributed by atoms with E-state index in [2.05, 4.69) is 0 Å². The lowest BCUT2D eigenvalue weighted by Crippen LogP contribution is -2.09. The van der Waals surface area contributed by atoms with E-state index in [1.54, 1.807) is 11.6 Å². The summed E-state index contributed by atoms with van der Waals surface area (Å²) >= 11 is 0. The number of hydrogen-bond donors (Lipinski definition) is 1. The Bertz CT molecular complexity index is 680. The van der Waals surface area contributed by atoms with E-state index in [1.165, 1.54) is 6.92 Å². The van der Waals surface area contributed by atoms with Gasteiger partial charge >= 0.3 is 5.97 Å². The van der Waals surface area contributed by atoms with Gasteiger partial charge < -0.3 is 9.67 Å². The number of aromatic nitrogens is 1. The van der Waals surface area contributed by atoms with Gasteiger partial charge in [-0.3, -0.25) is 4.79 Å². The Morgan fingerprint density at radius 3 is 2.33 bits per heavy atom. The monoisotopic (exact) mass is 245 g/mol. The second kappa shape index (κ2) is 3.98. The van der Waals surface area contributed by atoms with Crippen LogP contribution in [0.2, 0.25) is 0 Å². The van der Waals surface area contributed by atoms with Gasteiger partial charge in [0.05, 0.1) is 11.1 Å².